The van der Waals surface area contributed by atoms with Gasteiger partial charge in [0, 0.05) is 30.5 Å². The monoisotopic (exact) mass is 350 g/mol. The van der Waals surface area contributed by atoms with Crippen LogP contribution in [0.5, 0.6) is 0 Å². The van der Waals surface area contributed by atoms with Crippen LogP contribution in [0.1, 0.15) is 42.4 Å². The largest absolute Gasteiger partial charge is 0.481 e. The van der Waals surface area contributed by atoms with Gasteiger partial charge >= 0.3 is 5.97 Å². The number of carboxylic acid groups (broad SMARTS) is 1. The van der Waals surface area contributed by atoms with E-state index in [2.05, 4.69) is 53.2 Å². The van der Waals surface area contributed by atoms with Gasteiger partial charge < -0.3 is 5.11 Å². The molecule has 136 valence electrons. The molecule has 0 unspecified atom stereocenters. The minimum atomic E-state index is -0.701. The van der Waals surface area contributed by atoms with E-state index in [4.69, 9.17) is 5.11 Å². The molecule has 0 radical (unpaired) electrons. The Labute approximate surface area is 155 Å². The van der Waals surface area contributed by atoms with Gasteiger partial charge in [-0.25, -0.2) is 0 Å². The Balaban J connectivity index is 1.77. The zero-order chi connectivity index (χ0) is 18.4. The highest BCUT2D eigenvalue weighted by Crippen LogP contribution is 2.27. The Morgan fingerprint density at radius 2 is 2.15 bits per heavy atom. The predicted molar refractivity (Wildman–Crippen MR) is 104 cm³/mol. The molecule has 1 saturated heterocycles. The summed E-state index contributed by atoms with van der Waals surface area (Å²) in [6, 6.07) is 12.6. The second-order valence-electron chi connectivity index (χ2n) is 6.89. The van der Waals surface area contributed by atoms with Crippen LogP contribution in [0, 0.1) is 6.92 Å². The highest BCUT2D eigenvalue weighted by Gasteiger charge is 2.25. The SMILES string of the molecule is Cc1ccccc1C(=CCCN1CCC[C@H]1CC(=O)O)c1cccnc1. The maximum absolute atomic E-state index is 11.0. The number of aromatic nitrogens is 1. The number of rotatable bonds is 7. The number of hydrogen-bond acceptors (Lipinski definition) is 3. The lowest BCUT2D eigenvalue weighted by atomic mass is 9.94. The molecule has 1 atom stereocenters. The molecule has 0 spiro atoms. The Bertz CT molecular complexity index is 771. The second kappa shape index (κ2) is 8.77. The summed E-state index contributed by atoms with van der Waals surface area (Å²) in [5, 5.41) is 9.09. The first-order valence-corrected chi connectivity index (χ1v) is 9.27. The molecule has 0 aliphatic carbocycles. The van der Waals surface area contributed by atoms with Crippen LogP contribution in [0.4, 0.5) is 0 Å². The fourth-order valence-corrected chi connectivity index (χ4v) is 3.78. The first-order chi connectivity index (χ1) is 12.6. The van der Waals surface area contributed by atoms with Gasteiger partial charge in [0.15, 0.2) is 0 Å². The van der Waals surface area contributed by atoms with Crippen molar-refractivity contribution in [2.24, 2.45) is 0 Å². The third-order valence-electron chi connectivity index (χ3n) is 5.08. The molecule has 1 aliphatic rings. The van der Waals surface area contributed by atoms with Gasteiger partial charge in [-0.3, -0.25) is 14.7 Å². The molecule has 0 bridgehead atoms. The summed E-state index contributed by atoms with van der Waals surface area (Å²) in [6.45, 7) is 4.02. The number of benzene rings is 1. The zero-order valence-corrected chi connectivity index (χ0v) is 15.3. The predicted octanol–water partition coefficient (Wildman–Crippen LogP) is 4.15. The van der Waals surface area contributed by atoms with Gasteiger partial charge in [-0.15, -0.1) is 0 Å². The van der Waals surface area contributed by atoms with Crippen LogP contribution >= 0.6 is 0 Å². The molecule has 4 heteroatoms. The maximum Gasteiger partial charge on any atom is 0.304 e. The topological polar surface area (TPSA) is 53.4 Å². The summed E-state index contributed by atoms with van der Waals surface area (Å²) < 4.78 is 0. The summed E-state index contributed by atoms with van der Waals surface area (Å²) in [5.74, 6) is -0.701. The molecule has 1 aromatic carbocycles. The third kappa shape index (κ3) is 4.58. The molecule has 1 aromatic heterocycles. The number of carbonyl (C=O) groups is 1. The van der Waals surface area contributed by atoms with E-state index in [-0.39, 0.29) is 12.5 Å². The van der Waals surface area contributed by atoms with Crippen molar-refractivity contribution in [3.63, 3.8) is 0 Å². The van der Waals surface area contributed by atoms with E-state index >= 15 is 0 Å². The van der Waals surface area contributed by atoms with E-state index in [0.29, 0.717) is 0 Å². The fourth-order valence-electron chi connectivity index (χ4n) is 3.78. The molecule has 4 nitrogen and oxygen atoms in total. The Hall–Kier alpha value is -2.46. The molecule has 0 saturated carbocycles. The first-order valence-electron chi connectivity index (χ1n) is 9.27. The van der Waals surface area contributed by atoms with E-state index in [1.165, 1.54) is 16.7 Å². The summed E-state index contributed by atoms with van der Waals surface area (Å²) in [4.78, 5) is 17.6. The van der Waals surface area contributed by atoms with E-state index in [9.17, 15) is 4.79 Å². The lowest BCUT2D eigenvalue weighted by molar-refractivity contribution is -0.138. The van der Waals surface area contributed by atoms with Crippen molar-refractivity contribution in [2.45, 2.75) is 38.6 Å². The number of nitrogens with zero attached hydrogens (tertiary/aromatic N) is 2. The average Bonchev–Trinajstić information content (AvgIpc) is 3.07. The molecule has 1 aliphatic heterocycles. The summed E-state index contributed by atoms with van der Waals surface area (Å²) in [6.07, 6.45) is 9.19. The quantitative estimate of drug-likeness (QED) is 0.815. The molecule has 1 fully saturated rings. The molecular formula is C22H26N2O2. The highest BCUT2D eigenvalue weighted by atomic mass is 16.4. The fraction of sp³-hybridized carbons (Fsp3) is 0.364. The number of likely N-dealkylation sites (tertiary alicyclic amines) is 1. The van der Waals surface area contributed by atoms with Crippen molar-refractivity contribution in [1.29, 1.82) is 0 Å². The summed E-state index contributed by atoms with van der Waals surface area (Å²) in [5.41, 5.74) is 4.78. The van der Waals surface area contributed by atoms with Crippen LogP contribution in [-0.4, -0.2) is 40.1 Å². The second-order valence-corrected chi connectivity index (χ2v) is 6.89. The van der Waals surface area contributed by atoms with Crippen LogP contribution in [0.2, 0.25) is 0 Å². The molecule has 3 rings (SSSR count). The van der Waals surface area contributed by atoms with Gasteiger partial charge in [-0.2, -0.15) is 0 Å². The Morgan fingerprint density at radius 3 is 2.88 bits per heavy atom. The molecule has 0 amide bonds. The molecular weight excluding hydrogens is 324 g/mol. The number of aliphatic carboxylic acids is 1. The molecule has 26 heavy (non-hydrogen) atoms. The maximum atomic E-state index is 11.0. The van der Waals surface area contributed by atoms with Crippen molar-refractivity contribution in [3.8, 4) is 0 Å². The average molecular weight is 350 g/mol. The smallest absolute Gasteiger partial charge is 0.304 e. The zero-order valence-electron chi connectivity index (χ0n) is 15.3. The van der Waals surface area contributed by atoms with Crippen molar-refractivity contribution in [2.75, 3.05) is 13.1 Å². The highest BCUT2D eigenvalue weighted by molar-refractivity contribution is 5.80. The van der Waals surface area contributed by atoms with Crippen molar-refractivity contribution < 1.29 is 9.90 Å². The van der Waals surface area contributed by atoms with E-state index in [1.807, 2.05) is 12.3 Å². The van der Waals surface area contributed by atoms with Gasteiger partial charge in [0.1, 0.15) is 0 Å². The number of carboxylic acids is 1. The van der Waals surface area contributed by atoms with Gasteiger partial charge in [0.2, 0.25) is 0 Å². The number of aryl methyl sites for hydroxylation is 1. The van der Waals surface area contributed by atoms with Crippen LogP contribution in [0.25, 0.3) is 5.57 Å². The van der Waals surface area contributed by atoms with Crippen molar-refractivity contribution in [1.82, 2.24) is 9.88 Å². The summed E-state index contributed by atoms with van der Waals surface area (Å²) in [7, 11) is 0. The van der Waals surface area contributed by atoms with Crippen molar-refractivity contribution >= 4 is 11.5 Å². The van der Waals surface area contributed by atoms with E-state index in [0.717, 1.165) is 37.9 Å². The van der Waals surface area contributed by atoms with Crippen LogP contribution in [0.3, 0.4) is 0 Å². The van der Waals surface area contributed by atoms with Gasteiger partial charge in [0.05, 0.1) is 6.42 Å². The normalized spacial score (nSPS) is 18.2. The lowest BCUT2D eigenvalue weighted by Gasteiger charge is -2.22. The lowest BCUT2D eigenvalue weighted by Crippen LogP contribution is -2.32. The van der Waals surface area contributed by atoms with Gasteiger partial charge in [0.25, 0.3) is 0 Å². The minimum absolute atomic E-state index is 0.182. The van der Waals surface area contributed by atoms with Gasteiger partial charge in [-0.05, 0) is 55.5 Å². The van der Waals surface area contributed by atoms with Crippen LogP contribution in [0.15, 0.2) is 54.9 Å². The van der Waals surface area contributed by atoms with Crippen LogP contribution in [-0.2, 0) is 4.79 Å². The minimum Gasteiger partial charge on any atom is -0.481 e. The standard InChI is InChI=1S/C22H26N2O2/c1-17-7-2-3-10-20(17)21(18-8-4-12-23-16-18)11-6-14-24-13-5-9-19(24)15-22(25)26/h2-4,7-8,10-12,16,19H,5-6,9,13-15H2,1H3,(H,25,26)/t19-/m0/s1. The van der Waals surface area contributed by atoms with Crippen molar-refractivity contribution in [3.05, 3.63) is 71.6 Å². The summed E-state index contributed by atoms with van der Waals surface area (Å²) >= 11 is 0. The van der Waals surface area contributed by atoms with E-state index in [1.54, 1.807) is 6.20 Å². The molecule has 1 N–H and O–H groups in total. The number of pyridine rings is 1. The first kappa shape index (κ1) is 18.3. The Kier molecular flexibility index (Phi) is 6.18. The van der Waals surface area contributed by atoms with Crippen LogP contribution < -0.4 is 0 Å². The molecule has 2 aromatic rings. The number of hydrogen-bond donors (Lipinski definition) is 1. The third-order valence-corrected chi connectivity index (χ3v) is 5.08. The molecule has 2 heterocycles. The van der Waals surface area contributed by atoms with E-state index < -0.39 is 5.97 Å². The van der Waals surface area contributed by atoms with Gasteiger partial charge in [-0.1, -0.05) is 36.4 Å². The Morgan fingerprint density at radius 1 is 1.31 bits per heavy atom.